The highest BCUT2D eigenvalue weighted by atomic mass is 19.1. The van der Waals surface area contributed by atoms with Crippen LogP contribution in [0.15, 0.2) is 24.3 Å². The maximum atomic E-state index is 13.4. The van der Waals surface area contributed by atoms with E-state index >= 15 is 0 Å². The average molecular weight is 289 g/mol. The monoisotopic (exact) mass is 289 g/mol. The summed E-state index contributed by atoms with van der Waals surface area (Å²) in [6, 6.07) is 7.08. The van der Waals surface area contributed by atoms with Gasteiger partial charge in [0.05, 0.1) is 11.4 Å². The molecule has 0 aliphatic rings. The van der Waals surface area contributed by atoms with Gasteiger partial charge in [0, 0.05) is 11.7 Å². The molecule has 1 aromatic carbocycles. The number of aryl methyl sites for hydroxylation is 1. The summed E-state index contributed by atoms with van der Waals surface area (Å²) in [4.78, 5) is 0. The molecule has 0 aliphatic heterocycles. The van der Waals surface area contributed by atoms with Crippen molar-refractivity contribution in [2.24, 2.45) is 0 Å². The van der Waals surface area contributed by atoms with Gasteiger partial charge in [0.1, 0.15) is 5.82 Å². The molecule has 114 valence electrons. The third-order valence-electron chi connectivity index (χ3n) is 3.65. The van der Waals surface area contributed by atoms with Crippen molar-refractivity contribution in [1.82, 2.24) is 15.1 Å². The van der Waals surface area contributed by atoms with E-state index in [1.807, 2.05) is 17.7 Å². The largest absolute Gasteiger partial charge is 0.315 e. The number of halogens is 1. The number of hydrogen-bond acceptors (Lipinski definition) is 2. The van der Waals surface area contributed by atoms with E-state index in [9.17, 15) is 4.39 Å². The van der Waals surface area contributed by atoms with E-state index in [0.29, 0.717) is 6.04 Å². The molecular weight excluding hydrogens is 265 g/mol. The maximum absolute atomic E-state index is 13.4. The Kier molecular flexibility index (Phi) is 5.12. The fourth-order valence-corrected chi connectivity index (χ4v) is 2.55. The number of rotatable bonds is 6. The molecule has 0 bridgehead atoms. The molecule has 3 nitrogen and oxygen atoms in total. The van der Waals surface area contributed by atoms with E-state index in [2.05, 4.69) is 31.2 Å². The Labute approximate surface area is 126 Å². The summed E-state index contributed by atoms with van der Waals surface area (Å²) in [5, 5.41) is 7.99. The Hall–Kier alpha value is -1.68. The molecule has 2 aromatic rings. The summed E-state index contributed by atoms with van der Waals surface area (Å²) in [5.74, 6) is -0.234. The van der Waals surface area contributed by atoms with E-state index in [1.54, 1.807) is 6.07 Å². The third kappa shape index (κ3) is 3.91. The van der Waals surface area contributed by atoms with Crippen LogP contribution in [0.4, 0.5) is 4.39 Å². The van der Waals surface area contributed by atoms with Crippen molar-refractivity contribution >= 4 is 0 Å². The van der Waals surface area contributed by atoms with Crippen LogP contribution >= 0.6 is 0 Å². The predicted molar refractivity (Wildman–Crippen MR) is 84.5 cm³/mol. The number of nitrogens with one attached hydrogen (secondary N) is 1. The molecule has 0 radical (unpaired) electrons. The van der Waals surface area contributed by atoms with Gasteiger partial charge in [-0.2, -0.15) is 5.10 Å². The Morgan fingerprint density at radius 2 is 2.05 bits per heavy atom. The Balaban J connectivity index is 2.14. The van der Waals surface area contributed by atoms with E-state index in [4.69, 9.17) is 0 Å². The molecule has 1 N–H and O–H groups in total. The normalized spacial score (nSPS) is 11.3. The Morgan fingerprint density at radius 3 is 2.71 bits per heavy atom. The first-order chi connectivity index (χ1) is 9.99. The van der Waals surface area contributed by atoms with Gasteiger partial charge in [-0.3, -0.25) is 0 Å². The van der Waals surface area contributed by atoms with Crippen molar-refractivity contribution in [2.75, 3.05) is 6.54 Å². The van der Waals surface area contributed by atoms with Gasteiger partial charge in [-0.15, -0.1) is 0 Å². The lowest BCUT2D eigenvalue weighted by Gasteiger charge is -2.08. The van der Waals surface area contributed by atoms with Crippen LogP contribution in [0.1, 0.15) is 37.2 Å². The lowest BCUT2D eigenvalue weighted by atomic mass is 10.1. The average Bonchev–Trinajstić information content (AvgIpc) is 2.70. The molecule has 21 heavy (non-hydrogen) atoms. The zero-order valence-electron chi connectivity index (χ0n) is 13.3. The van der Waals surface area contributed by atoms with Crippen molar-refractivity contribution in [1.29, 1.82) is 0 Å². The second-order valence-corrected chi connectivity index (χ2v) is 5.75. The quantitative estimate of drug-likeness (QED) is 0.824. The van der Waals surface area contributed by atoms with E-state index < -0.39 is 0 Å². The minimum absolute atomic E-state index is 0.234. The van der Waals surface area contributed by atoms with Gasteiger partial charge in [0.2, 0.25) is 0 Å². The van der Waals surface area contributed by atoms with Crippen LogP contribution in [-0.2, 0) is 6.42 Å². The van der Waals surface area contributed by atoms with Gasteiger partial charge in [-0.25, -0.2) is 9.07 Å². The molecule has 2 rings (SSSR count). The molecular formula is C17H24FN3. The van der Waals surface area contributed by atoms with Crippen LogP contribution in [0, 0.1) is 19.7 Å². The number of benzene rings is 1. The highest BCUT2D eigenvalue weighted by molar-refractivity contribution is 5.37. The van der Waals surface area contributed by atoms with Crippen LogP contribution in [0.5, 0.6) is 0 Å². The van der Waals surface area contributed by atoms with E-state index in [1.165, 1.54) is 17.7 Å². The zero-order chi connectivity index (χ0) is 15.4. The summed E-state index contributed by atoms with van der Waals surface area (Å²) in [6.07, 6.45) is 2.07. The SMILES string of the molecule is Cc1nn(-c2cccc(F)c2)c(C)c1CCCNC(C)C. The zero-order valence-corrected chi connectivity index (χ0v) is 13.3. The van der Waals surface area contributed by atoms with Crippen LogP contribution < -0.4 is 5.32 Å². The van der Waals surface area contributed by atoms with Crippen LogP contribution in [0.2, 0.25) is 0 Å². The molecule has 0 unspecified atom stereocenters. The topological polar surface area (TPSA) is 29.9 Å². The molecule has 0 amide bonds. The lowest BCUT2D eigenvalue weighted by molar-refractivity contribution is 0.570. The van der Waals surface area contributed by atoms with Gasteiger partial charge >= 0.3 is 0 Å². The third-order valence-corrected chi connectivity index (χ3v) is 3.65. The van der Waals surface area contributed by atoms with Crippen molar-refractivity contribution in [3.8, 4) is 5.69 Å². The molecule has 0 atom stereocenters. The lowest BCUT2D eigenvalue weighted by Crippen LogP contribution is -2.24. The first-order valence-electron chi connectivity index (χ1n) is 7.53. The predicted octanol–water partition coefficient (Wildman–Crippen LogP) is 3.56. The van der Waals surface area contributed by atoms with Gasteiger partial charge in [-0.05, 0) is 57.0 Å². The van der Waals surface area contributed by atoms with Gasteiger partial charge in [0.25, 0.3) is 0 Å². The van der Waals surface area contributed by atoms with E-state index in [0.717, 1.165) is 36.5 Å². The minimum atomic E-state index is -0.234. The van der Waals surface area contributed by atoms with Crippen molar-refractivity contribution in [3.63, 3.8) is 0 Å². The van der Waals surface area contributed by atoms with Crippen LogP contribution in [0.3, 0.4) is 0 Å². The second-order valence-electron chi connectivity index (χ2n) is 5.75. The Morgan fingerprint density at radius 1 is 1.29 bits per heavy atom. The minimum Gasteiger partial charge on any atom is -0.315 e. The number of aromatic nitrogens is 2. The second kappa shape index (κ2) is 6.85. The highest BCUT2D eigenvalue weighted by Crippen LogP contribution is 2.19. The molecule has 0 spiro atoms. The molecule has 0 aliphatic carbocycles. The molecule has 1 heterocycles. The van der Waals surface area contributed by atoms with Crippen molar-refractivity contribution < 1.29 is 4.39 Å². The van der Waals surface area contributed by atoms with Crippen molar-refractivity contribution in [2.45, 2.75) is 46.6 Å². The first kappa shape index (κ1) is 15.7. The summed E-state index contributed by atoms with van der Waals surface area (Å²) in [5.41, 5.74) is 4.18. The summed E-state index contributed by atoms with van der Waals surface area (Å²) in [7, 11) is 0. The number of hydrogen-bond donors (Lipinski definition) is 1. The molecule has 1 aromatic heterocycles. The van der Waals surface area contributed by atoms with Gasteiger partial charge < -0.3 is 5.32 Å². The van der Waals surface area contributed by atoms with Gasteiger partial charge in [0.15, 0.2) is 0 Å². The molecule has 0 saturated heterocycles. The summed E-state index contributed by atoms with van der Waals surface area (Å²) >= 11 is 0. The fraction of sp³-hybridized carbons (Fsp3) is 0.471. The molecule has 0 fully saturated rings. The smallest absolute Gasteiger partial charge is 0.125 e. The van der Waals surface area contributed by atoms with Gasteiger partial charge in [-0.1, -0.05) is 19.9 Å². The first-order valence-corrected chi connectivity index (χ1v) is 7.53. The highest BCUT2D eigenvalue weighted by Gasteiger charge is 2.12. The van der Waals surface area contributed by atoms with E-state index in [-0.39, 0.29) is 5.82 Å². The van der Waals surface area contributed by atoms with Crippen LogP contribution in [-0.4, -0.2) is 22.4 Å². The van der Waals surface area contributed by atoms with Crippen LogP contribution in [0.25, 0.3) is 5.69 Å². The fourth-order valence-electron chi connectivity index (χ4n) is 2.55. The molecule has 0 saturated carbocycles. The van der Waals surface area contributed by atoms with Crippen molar-refractivity contribution in [3.05, 3.63) is 47.0 Å². The summed E-state index contributed by atoms with van der Waals surface area (Å²) < 4.78 is 15.2. The standard InChI is InChI=1S/C17H24FN3/c1-12(2)19-10-6-9-17-13(3)20-21(14(17)4)16-8-5-7-15(18)11-16/h5,7-8,11-12,19H,6,9-10H2,1-4H3. The maximum Gasteiger partial charge on any atom is 0.125 e. The Bertz CT molecular complexity index is 602. The summed E-state index contributed by atoms with van der Waals surface area (Å²) in [6.45, 7) is 9.38. The molecule has 4 heteroatoms. The number of nitrogens with zero attached hydrogens (tertiary/aromatic N) is 2.